The number of imide groups is 1. The molecule has 1 atom stereocenters. The van der Waals surface area contributed by atoms with Gasteiger partial charge in [0, 0.05) is 12.6 Å². The molecular formula is C22H25NO5S. The third-order valence-electron chi connectivity index (χ3n) is 4.89. The molecule has 1 fully saturated rings. The Morgan fingerprint density at radius 3 is 2.24 bits per heavy atom. The zero-order valence-electron chi connectivity index (χ0n) is 16.8. The van der Waals surface area contributed by atoms with Crippen LogP contribution < -0.4 is 14.2 Å². The summed E-state index contributed by atoms with van der Waals surface area (Å²) in [6.45, 7) is 0.430. The van der Waals surface area contributed by atoms with Gasteiger partial charge in [0.2, 0.25) is 5.91 Å². The number of aryl methyl sites for hydroxylation is 1. The Bertz CT molecular complexity index is 871. The van der Waals surface area contributed by atoms with Gasteiger partial charge in [-0.3, -0.25) is 14.5 Å². The van der Waals surface area contributed by atoms with Crippen molar-refractivity contribution in [3.05, 3.63) is 53.6 Å². The third kappa shape index (κ3) is 4.85. The molecule has 0 N–H and O–H groups in total. The van der Waals surface area contributed by atoms with E-state index in [0.717, 1.165) is 30.2 Å². The van der Waals surface area contributed by atoms with Gasteiger partial charge in [0.1, 0.15) is 5.75 Å². The molecule has 1 heterocycles. The number of methoxy groups -OCH3 is 3. The second-order valence-corrected chi connectivity index (χ2v) is 7.83. The second kappa shape index (κ2) is 9.69. The van der Waals surface area contributed by atoms with Gasteiger partial charge in [0.05, 0.1) is 26.6 Å². The maximum atomic E-state index is 12.8. The van der Waals surface area contributed by atoms with Gasteiger partial charge in [-0.05, 0) is 36.5 Å². The van der Waals surface area contributed by atoms with Crippen LogP contribution in [0.5, 0.6) is 17.2 Å². The van der Waals surface area contributed by atoms with Crippen molar-refractivity contribution >= 4 is 22.9 Å². The molecule has 0 bridgehead atoms. The van der Waals surface area contributed by atoms with E-state index in [1.165, 1.54) is 10.5 Å². The molecular weight excluding hydrogens is 390 g/mol. The van der Waals surface area contributed by atoms with Gasteiger partial charge >= 0.3 is 0 Å². The summed E-state index contributed by atoms with van der Waals surface area (Å²) in [6, 6.07) is 13.6. The Labute approximate surface area is 175 Å². The number of carbonyl (C=O) groups is 2. The van der Waals surface area contributed by atoms with Crippen LogP contribution in [0.2, 0.25) is 0 Å². The molecule has 1 aliphatic heterocycles. The first-order valence-electron chi connectivity index (χ1n) is 9.42. The second-order valence-electron chi connectivity index (χ2n) is 6.67. The first kappa shape index (κ1) is 21.0. The Morgan fingerprint density at radius 2 is 1.59 bits per heavy atom. The van der Waals surface area contributed by atoms with E-state index in [2.05, 4.69) is 12.1 Å². The molecule has 2 aromatic rings. The fourth-order valence-corrected chi connectivity index (χ4v) is 4.41. The van der Waals surface area contributed by atoms with Crippen LogP contribution in [0.4, 0.5) is 4.79 Å². The summed E-state index contributed by atoms with van der Waals surface area (Å²) in [7, 11) is 4.68. The molecule has 29 heavy (non-hydrogen) atoms. The van der Waals surface area contributed by atoms with Crippen molar-refractivity contribution in [1.29, 1.82) is 0 Å². The van der Waals surface area contributed by atoms with E-state index in [-0.39, 0.29) is 11.1 Å². The highest BCUT2D eigenvalue weighted by Crippen LogP contribution is 2.38. The van der Waals surface area contributed by atoms with Crippen LogP contribution >= 0.6 is 11.8 Å². The quantitative estimate of drug-likeness (QED) is 0.618. The van der Waals surface area contributed by atoms with Gasteiger partial charge in [0.15, 0.2) is 11.5 Å². The van der Waals surface area contributed by atoms with Crippen LogP contribution in [0.25, 0.3) is 0 Å². The maximum absolute atomic E-state index is 12.8. The number of carbonyl (C=O) groups excluding carboxylic acids is 2. The first-order valence-corrected chi connectivity index (χ1v) is 10.3. The molecule has 6 nitrogen and oxygen atoms in total. The summed E-state index contributed by atoms with van der Waals surface area (Å²) in [6.07, 6.45) is 1.96. The summed E-state index contributed by atoms with van der Waals surface area (Å²) < 4.78 is 16.1. The number of ether oxygens (including phenoxy) is 3. The molecule has 0 aliphatic carbocycles. The number of nitrogens with zero attached hydrogens (tertiary/aromatic N) is 1. The van der Waals surface area contributed by atoms with Crippen molar-refractivity contribution in [3.63, 3.8) is 0 Å². The van der Waals surface area contributed by atoms with Crippen molar-refractivity contribution in [2.45, 2.75) is 24.5 Å². The van der Waals surface area contributed by atoms with Crippen molar-refractivity contribution in [3.8, 4) is 17.2 Å². The van der Waals surface area contributed by atoms with Gasteiger partial charge in [-0.1, -0.05) is 42.1 Å². The zero-order chi connectivity index (χ0) is 20.8. The minimum absolute atomic E-state index is 0.148. The molecule has 3 rings (SSSR count). The lowest BCUT2D eigenvalue weighted by molar-refractivity contribution is -0.126. The fourth-order valence-electron chi connectivity index (χ4n) is 3.37. The summed E-state index contributed by atoms with van der Waals surface area (Å²) in [5, 5.41) is -0.654. The van der Waals surface area contributed by atoms with E-state index < -0.39 is 5.25 Å². The minimum atomic E-state index is -0.466. The van der Waals surface area contributed by atoms with Crippen LogP contribution in [-0.2, 0) is 17.6 Å². The van der Waals surface area contributed by atoms with Crippen LogP contribution in [0.1, 0.15) is 17.5 Å². The van der Waals surface area contributed by atoms with Crippen LogP contribution in [-0.4, -0.2) is 49.2 Å². The zero-order valence-corrected chi connectivity index (χ0v) is 17.7. The summed E-state index contributed by atoms with van der Waals surface area (Å²) in [5.41, 5.74) is 2.00. The average Bonchev–Trinajstić information content (AvgIpc) is 3.01. The molecule has 2 aromatic carbocycles. The highest BCUT2D eigenvalue weighted by molar-refractivity contribution is 8.15. The van der Waals surface area contributed by atoms with E-state index in [4.69, 9.17) is 14.2 Å². The summed E-state index contributed by atoms with van der Waals surface area (Å²) >= 11 is 1.08. The van der Waals surface area contributed by atoms with E-state index >= 15 is 0 Å². The number of benzene rings is 2. The number of hydrogen-bond acceptors (Lipinski definition) is 6. The molecule has 0 unspecified atom stereocenters. The highest BCUT2D eigenvalue weighted by Gasteiger charge is 2.39. The summed E-state index contributed by atoms with van der Waals surface area (Å²) in [5.74, 6) is 1.57. The van der Waals surface area contributed by atoms with E-state index in [0.29, 0.717) is 30.2 Å². The highest BCUT2D eigenvalue weighted by atomic mass is 32.2. The SMILES string of the molecule is COc1cc(OC)c(OC)cc1C[C@H]1SC(=O)N(CCCc2ccccc2)C1=O. The maximum Gasteiger partial charge on any atom is 0.289 e. The van der Waals surface area contributed by atoms with E-state index in [1.54, 1.807) is 33.5 Å². The topological polar surface area (TPSA) is 65.1 Å². The number of hydrogen-bond donors (Lipinski definition) is 0. The standard InChI is InChI=1S/C22H25NO5S/c1-26-17-14-19(28-3)18(27-2)12-16(17)13-20-21(24)23(22(25)29-20)11-7-10-15-8-5-4-6-9-15/h4-6,8-9,12,14,20H,7,10-11,13H2,1-3H3/t20-/m1/s1. The van der Waals surface area contributed by atoms with E-state index in [9.17, 15) is 9.59 Å². The monoisotopic (exact) mass is 415 g/mol. The Hall–Kier alpha value is -2.67. The number of rotatable bonds is 9. The lowest BCUT2D eigenvalue weighted by atomic mass is 10.1. The van der Waals surface area contributed by atoms with Gasteiger partial charge in [-0.15, -0.1) is 0 Å². The van der Waals surface area contributed by atoms with Crippen LogP contribution in [0.3, 0.4) is 0 Å². The molecule has 7 heteroatoms. The van der Waals surface area contributed by atoms with Crippen molar-refractivity contribution in [2.75, 3.05) is 27.9 Å². The Morgan fingerprint density at radius 1 is 0.931 bits per heavy atom. The predicted molar refractivity (Wildman–Crippen MR) is 113 cm³/mol. The number of thioether (sulfide) groups is 1. The molecule has 0 saturated carbocycles. The normalized spacial score (nSPS) is 16.2. The van der Waals surface area contributed by atoms with Gasteiger partial charge in [-0.2, -0.15) is 0 Å². The fraction of sp³-hybridized carbons (Fsp3) is 0.364. The molecule has 0 spiro atoms. The lowest BCUT2D eigenvalue weighted by Crippen LogP contribution is -2.33. The van der Waals surface area contributed by atoms with Gasteiger partial charge < -0.3 is 14.2 Å². The minimum Gasteiger partial charge on any atom is -0.496 e. The Balaban J connectivity index is 1.66. The molecule has 154 valence electrons. The molecule has 1 saturated heterocycles. The van der Waals surface area contributed by atoms with Gasteiger partial charge in [-0.25, -0.2) is 0 Å². The number of amides is 2. The smallest absolute Gasteiger partial charge is 0.289 e. The molecule has 2 amide bonds. The predicted octanol–water partition coefficient (Wildman–Crippen LogP) is 3.95. The first-order chi connectivity index (χ1) is 14.1. The van der Waals surface area contributed by atoms with Crippen molar-refractivity contribution in [2.24, 2.45) is 0 Å². The third-order valence-corrected chi connectivity index (χ3v) is 5.96. The van der Waals surface area contributed by atoms with E-state index in [1.807, 2.05) is 18.2 Å². The summed E-state index contributed by atoms with van der Waals surface area (Å²) in [4.78, 5) is 26.6. The van der Waals surface area contributed by atoms with Crippen LogP contribution in [0.15, 0.2) is 42.5 Å². The molecule has 0 radical (unpaired) electrons. The van der Waals surface area contributed by atoms with Crippen molar-refractivity contribution < 1.29 is 23.8 Å². The molecule has 1 aliphatic rings. The Kier molecular flexibility index (Phi) is 7.04. The molecule has 0 aromatic heterocycles. The van der Waals surface area contributed by atoms with Crippen LogP contribution in [0, 0.1) is 0 Å². The average molecular weight is 416 g/mol. The van der Waals surface area contributed by atoms with Crippen molar-refractivity contribution in [1.82, 2.24) is 4.90 Å². The van der Waals surface area contributed by atoms with Gasteiger partial charge in [0.25, 0.3) is 5.24 Å². The largest absolute Gasteiger partial charge is 0.496 e. The lowest BCUT2D eigenvalue weighted by Gasteiger charge is -2.16.